The Morgan fingerprint density at radius 3 is 2.20 bits per heavy atom. The van der Waals surface area contributed by atoms with E-state index in [-0.39, 0.29) is 11.6 Å². The molecule has 0 radical (unpaired) electrons. The van der Waals surface area contributed by atoms with Crippen LogP contribution in [0.3, 0.4) is 0 Å². The maximum atomic E-state index is 10.9. The van der Waals surface area contributed by atoms with E-state index in [1.807, 2.05) is 0 Å². The van der Waals surface area contributed by atoms with Gasteiger partial charge in [-0.2, -0.15) is 0 Å². The van der Waals surface area contributed by atoms with E-state index < -0.39 is 8.32 Å². The molecule has 0 rings (SSSR count). The van der Waals surface area contributed by atoms with Crippen LogP contribution in [-0.2, 0) is 14.0 Å². The topological polar surface area (TPSA) is 35.5 Å². The quantitative estimate of drug-likeness (QED) is 0.522. The summed E-state index contributed by atoms with van der Waals surface area (Å²) in [6.07, 6.45) is 2.20. The zero-order valence-corrected chi connectivity index (χ0v) is 11.8. The lowest BCUT2D eigenvalue weighted by atomic mass is 10.0. The molecule has 0 aromatic heterocycles. The molecule has 0 saturated carbocycles. The molecule has 0 aliphatic carbocycles. The molecule has 90 valence electrons. The highest BCUT2D eigenvalue weighted by atomic mass is 28.4. The van der Waals surface area contributed by atoms with Gasteiger partial charge < -0.3 is 9.16 Å². The van der Waals surface area contributed by atoms with Crippen molar-refractivity contribution in [3.63, 3.8) is 0 Å². The summed E-state index contributed by atoms with van der Waals surface area (Å²) in [7, 11) is -0.0716. The van der Waals surface area contributed by atoms with Gasteiger partial charge in [-0.15, -0.1) is 0 Å². The summed E-state index contributed by atoms with van der Waals surface area (Å²) in [5, 5.41) is 0. The van der Waals surface area contributed by atoms with Crippen molar-refractivity contribution in [3.05, 3.63) is 0 Å². The molecule has 0 fully saturated rings. The van der Waals surface area contributed by atoms with E-state index in [1.54, 1.807) is 0 Å². The predicted octanol–water partition coefficient (Wildman–Crippen LogP) is 2.96. The summed E-state index contributed by atoms with van der Waals surface area (Å²) >= 11 is 0. The van der Waals surface area contributed by atoms with Crippen LogP contribution in [0.15, 0.2) is 0 Å². The monoisotopic (exact) mass is 232 g/mol. The average Bonchev–Trinajstić information content (AvgIpc) is 1.98. The molecule has 0 N–H and O–H groups in total. The number of carbonyl (C=O) groups is 1. The SMILES string of the molecule is COC(=O)CCCC(C)(C)O[Si](C)(C)C. The van der Waals surface area contributed by atoms with Crippen LogP contribution in [0.1, 0.15) is 33.1 Å². The van der Waals surface area contributed by atoms with Gasteiger partial charge in [-0.3, -0.25) is 4.79 Å². The summed E-state index contributed by atoms with van der Waals surface area (Å²) < 4.78 is 10.6. The highest BCUT2D eigenvalue weighted by Gasteiger charge is 2.26. The fourth-order valence-electron chi connectivity index (χ4n) is 1.64. The maximum Gasteiger partial charge on any atom is 0.305 e. The smallest absolute Gasteiger partial charge is 0.305 e. The van der Waals surface area contributed by atoms with Crippen LogP contribution in [0.4, 0.5) is 0 Å². The molecule has 0 saturated heterocycles. The van der Waals surface area contributed by atoms with Gasteiger partial charge in [0.05, 0.1) is 12.7 Å². The molecule has 0 aliphatic rings. The van der Waals surface area contributed by atoms with E-state index in [0.717, 1.165) is 12.8 Å². The third-order valence-corrected chi connectivity index (χ3v) is 3.13. The first-order valence-electron chi connectivity index (χ1n) is 5.43. The van der Waals surface area contributed by atoms with Crippen molar-refractivity contribution >= 4 is 14.3 Å². The van der Waals surface area contributed by atoms with Crippen LogP contribution >= 0.6 is 0 Å². The fraction of sp³-hybridized carbons (Fsp3) is 0.909. The number of carbonyl (C=O) groups excluding carboxylic acids is 1. The van der Waals surface area contributed by atoms with Gasteiger partial charge in [0.1, 0.15) is 0 Å². The van der Waals surface area contributed by atoms with Crippen molar-refractivity contribution in [1.29, 1.82) is 0 Å². The second-order valence-corrected chi connectivity index (χ2v) is 9.83. The minimum absolute atomic E-state index is 0.126. The zero-order valence-electron chi connectivity index (χ0n) is 10.8. The Kier molecular flexibility index (Phi) is 5.52. The van der Waals surface area contributed by atoms with Gasteiger partial charge in [0, 0.05) is 6.42 Å². The van der Waals surface area contributed by atoms with Crippen LogP contribution < -0.4 is 0 Å². The van der Waals surface area contributed by atoms with Crippen molar-refractivity contribution in [2.24, 2.45) is 0 Å². The van der Waals surface area contributed by atoms with Gasteiger partial charge in [-0.25, -0.2) is 0 Å². The number of hydrogen-bond donors (Lipinski definition) is 0. The maximum absolute atomic E-state index is 10.9. The van der Waals surface area contributed by atoms with Gasteiger partial charge in [0.2, 0.25) is 0 Å². The minimum Gasteiger partial charge on any atom is -0.469 e. The normalized spacial score (nSPS) is 12.7. The fourth-order valence-corrected chi connectivity index (χ4v) is 3.40. The first kappa shape index (κ1) is 14.6. The molecule has 0 heterocycles. The molecule has 0 aromatic rings. The van der Waals surface area contributed by atoms with Gasteiger partial charge in [0.15, 0.2) is 8.32 Å². The minimum atomic E-state index is -1.49. The second kappa shape index (κ2) is 5.65. The molecule has 4 heteroatoms. The number of esters is 1. The van der Waals surface area contributed by atoms with E-state index in [1.165, 1.54) is 7.11 Å². The van der Waals surface area contributed by atoms with Gasteiger partial charge >= 0.3 is 5.97 Å². The molecule has 15 heavy (non-hydrogen) atoms. The van der Waals surface area contributed by atoms with Crippen molar-refractivity contribution < 1.29 is 14.0 Å². The van der Waals surface area contributed by atoms with E-state index in [9.17, 15) is 4.79 Å². The van der Waals surface area contributed by atoms with Crippen molar-refractivity contribution in [3.8, 4) is 0 Å². The summed E-state index contributed by atoms with van der Waals surface area (Å²) in [6.45, 7) is 10.7. The third kappa shape index (κ3) is 8.63. The van der Waals surface area contributed by atoms with E-state index in [0.29, 0.717) is 6.42 Å². The Labute approximate surface area is 94.3 Å². The molecule has 3 nitrogen and oxygen atoms in total. The van der Waals surface area contributed by atoms with Crippen LogP contribution in [-0.4, -0.2) is 27.0 Å². The Balaban J connectivity index is 3.89. The average molecular weight is 232 g/mol. The number of methoxy groups -OCH3 is 1. The highest BCUT2D eigenvalue weighted by Crippen LogP contribution is 2.23. The summed E-state index contributed by atoms with van der Waals surface area (Å²) in [5.74, 6) is -0.140. The molecule has 0 unspecified atom stereocenters. The van der Waals surface area contributed by atoms with Crippen LogP contribution in [0.25, 0.3) is 0 Å². The number of rotatable bonds is 6. The third-order valence-electron chi connectivity index (χ3n) is 1.97. The van der Waals surface area contributed by atoms with Crippen molar-refractivity contribution in [2.45, 2.75) is 58.4 Å². The number of ether oxygens (including phenoxy) is 1. The second-order valence-electron chi connectivity index (χ2n) is 5.40. The van der Waals surface area contributed by atoms with Crippen molar-refractivity contribution in [2.75, 3.05) is 7.11 Å². The van der Waals surface area contributed by atoms with E-state index in [4.69, 9.17) is 4.43 Å². The largest absolute Gasteiger partial charge is 0.469 e. The lowest BCUT2D eigenvalue weighted by Gasteiger charge is -2.33. The van der Waals surface area contributed by atoms with Crippen molar-refractivity contribution in [1.82, 2.24) is 0 Å². The standard InChI is InChI=1S/C11H24O3Si/c1-11(2,14-15(4,5)6)9-7-8-10(12)13-3/h7-9H2,1-6H3. The predicted molar refractivity (Wildman–Crippen MR) is 64.4 cm³/mol. The Bertz CT molecular complexity index is 206. The van der Waals surface area contributed by atoms with Crippen LogP contribution in [0, 0.1) is 0 Å². The molecular weight excluding hydrogens is 208 g/mol. The summed E-state index contributed by atoms with van der Waals surface area (Å²) in [4.78, 5) is 10.9. The summed E-state index contributed by atoms with van der Waals surface area (Å²) in [5.41, 5.74) is -0.126. The molecular formula is C11H24O3Si. The molecule has 0 atom stereocenters. The van der Waals surface area contributed by atoms with Gasteiger partial charge in [-0.05, 0) is 46.3 Å². The first-order chi connectivity index (χ1) is 6.66. The zero-order chi connectivity index (χ0) is 12.1. The molecule has 0 aromatic carbocycles. The number of hydrogen-bond acceptors (Lipinski definition) is 3. The highest BCUT2D eigenvalue weighted by molar-refractivity contribution is 6.69. The lowest BCUT2D eigenvalue weighted by Crippen LogP contribution is -2.38. The Morgan fingerprint density at radius 1 is 1.27 bits per heavy atom. The molecule has 0 bridgehead atoms. The molecule has 0 spiro atoms. The lowest BCUT2D eigenvalue weighted by molar-refractivity contribution is -0.140. The first-order valence-corrected chi connectivity index (χ1v) is 8.84. The summed E-state index contributed by atoms with van der Waals surface area (Å²) in [6, 6.07) is 0. The molecule has 0 amide bonds. The Hall–Kier alpha value is -0.353. The van der Waals surface area contributed by atoms with E-state index in [2.05, 4.69) is 38.2 Å². The Morgan fingerprint density at radius 2 is 1.80 bits per heavy atom. The van der Waals surface area contributed by atoms with Crippen LogP contribution in [0.2, 0.25) is 19.6 Å². The van der Waals surface area contributed by atoms with E-state index >= 15 is 0 Å². The molecule has 0 aliphatic heterocycles. The van der Waals surface area contributed by atoms with Crippen LogP contribution in [0.5, 0.6) is 0 Å². The van der Waals surface area contributed by atoms with Gasteiger partial charge in [0.25, 0.3) is 0 Å². The van der Waals surface area contributed by atoms with Gasteiger partial charge in [-0.1, -0.05) is 0 Å².